The van der Waals surface area contributed by atoms with Gasteiger partial charge in [0.25, 0.3) is 5.56 Å². The third kappa shape index (κ3) is 5.68. The van der Waals surface area contributed by atoms with Crippen molar-refractivity contribution in [3.63, 3.8) is 0 Å². The van der Waals surface area contributed by atoms with Gasteiger partial charge in [-0.15, -0.1) is 0 Å². The van der Waals surface area contributed by atoms with Gasteiger partial charge in [0.1, 0.15) is 12.3 Å². The van der Waals surface area contributed by atoms with Crippen molar-refractivity contribution in [1.82, 2.24) is 9.97 Å². The maximum absolute atomic E-state index is 12.3. The molecule has 2 atom stereocenters. The molecule has 1 aliphatic rings. The minimum atomic E-state index is -1.01. The third-order valence-corrected chi connectivity index (χ3v) is 5.14. The topological polar surface area (TPSA) is 192 Å². The molecule has 0 aliphatic carbocycles. The summed E-state index contributed by atoms with van der Waals surface area (Å²) in [6.45, 7) is 0.693. The van der Waals surface area contributed by atoms with Crippen molar-refractivity contribution in [3.8, 4) is 0 Å². The van der Waals surface area contributed by atoms with E-state index in [4.69, 9.17) is 15.6 Å². The Morgan fingerprint density at radius 3 is 2.76 bits per heavy atom. The number of aldehydes is 1. The molecule has 1 aliphatic heterocycles. The summed E-state index contributed by atoms with van der Waals surface area (Å²) in [6.07, 6.45) is 1.06. The minimum absolute atomic E-state index is 0.0425. The van der Waals surface area contributed by atoms with Gasteiger partial charge in [0.05, 0.1) is 13.2 Å². The molecule has 13 nitrogen and oxygen atoms in total. The molecule has 0 saturated carbocycles. The molecule has 34 heavy (non-hydrogen) atoms. The Morgan fingerprint density at radius 1 is 1.41 bits per heavy atom. The third-order valence-electron chi connectivity index (χ3n) is 5.14. The Morgan fingerprint density at radius 2 is 2.15 bits per heavy atom. The predicted molar refractivity (Wildman–Crippen MR) is 125 cm³/mol. The van der Waals surface area contributed by atoms with Crippen LogP contribution in [0.15, 0.2) is 34.1 Å². The van der Waals surface area contributed by atoms with E-state index in [1.807, 2.05) is 0 Å². The van der Waals surface area contributed by atoms with Gasteiger partial charge in [-0.3, -0.25) is 19.4 Å². The minimum Gasteiger partial charge on any atom is -0.481 e. The van der Waals surface area contributed by atoms with Crippen molar-refractivity contribution in [2.75, 3.05) is 41.5 Å². The molecule has 13 heteroatoms. The Hall–Kier alpha value is -4.42. The summed E-state index contributed by atoms with van der Waals surface area (Å²) in [7, 11) is 1.41. The lowest BCUT2D eigenvalue weighted by molar-refractivity contribution is -0.137. The summed E-state index contributed by atoms with van der Waals surface area (Å²) in [5.74, 6) is -0.595. The first-order valence-electron chi connectivity index (χ1n) is 10.4. The van der Waals surface area contributed by atoms with E-state index in [9.17, 15) is 19.2 Å². The van der Waals surface area contributed by atoms with Crippen LogP contribution in [0.5, 0.6) is 0 Å². The molecular formula is C21H25N7O6. The number of aromatic nitrogens is 2. The van der Waals surface area contributed by atoms with Gasteiger partial charge in [0.15, 0.2) is 11.5 Å². The van der Waals surface area contributed by atoms with Crippen LogP contribution < -0.4 is 26.8 Å². The van der Waals surface area contributed by atoms with Crippen LogP contribution in [-0.2, 0) is 19.1 Å². The second kappa shape index (κ2) is 10.9. The highest BCUT2D eigenvalue weighted by molar-refractivity contribution is 5.95. The number of rotatable bonds is 10. The number of hydrogen-bond donors (Lipinski definition) is 5. The number of nitrogens with two attached hydrogens (primary N) is 1. The molecule has 0 radical (unpaired) electrons. The van der Waals surface area contributed by atoms with Gasteiger partial charge in [-0.25, -0.2) is 4.99 Å². The number of aromatic amines is 1. The number of hydrogen-bond acceptors (Lipinski definition) is 10. The van der Waals surface area contributed by atoms with E-state index < -0.39 is 17.6 Å². The van der Waals surface area contributed by atoms with Crippen LogP contribution in [0.3, 0.4) is 0 Å². The van der Waals surface area contributed by atoms with Crippen LogP contribution in [-0.4, -0.2) is 71.9 Å². The zero-order valence-electron chi connectivity index (χ0n) is 18.4. The summed E-state index contributed by atoms with van der Waals surface area (Å²) < 4.78 is 5.27. The summed E-state index contributed by atoms with van der Waals surface area (Å²) in [4.78, 5) is 57.9. The Balaban J connectivity index is 1.68. The monoisotopic (exact) mass is 471 g/mol. The Bertz CT molecular complexity index is 1130. The van der Waals surface area contributed by atoms with Gasteiger partial charge in [0.2, 0.25) is 18.3 Å². The lowest BCUT2D eigenvalue weighted by atomic mass is 10.1. The second-order valence-electron chi connectivity index (χ2n) is 7.43. The number of fused-ring (bicyclic) bond motifs is 1. The number of ether oxygens (including phenoxy) is 1. The molecule has 2 unspecified atom stereocenters. The fraction of sp³-hybridized carbons (Fsp3) is 0.333. The maximum atomic E-state index is 12.3. The van der Waals surface area contributed by atoms with Crippen molar-refractivity contribution in [3.05, 3.63) is 40.2 Å². The van der Waals surface area contributed by atoms with Crippen LogP contribution in [0.2, 0.25) is 0 Å². The van der Waals surface area contributed by atoms with E-state index in [0.717, 1.165) is 5.69 Å². The number of aliphatic imine (C=N–C) groups is 1. The zero-order valence-corrected chi connectivity index (χ0v) is 18.4. The zero-order chi connectivity index (χ0) is 24.7. The van der Waals surface area contributed by atoms with Gasteiger partial charge < -0.3 is 35.9 Å². The van der Waals surface area contributed by atoms with Gasteiger partial charge in [-0.2, -0.15) is 4.98 Å². The largest absolute Gasteiger partial charge is 0.481 e. The predicted octanol–water partition coefficient (Wildman–Crippen LogP) is 0.0464. The van der Waals surface area contributed by atoms with Crippen LogP contribution in [0.4, 0.5) is 23.1 Å². The highest BCUT2D eigenvalue weighted by atomic mass is 16.5. The first-order chi connectivity index (χ1) is 16.4. The van der Waals surface area contributed by atoms with Gasteiger partial charge in [0, 0.05) is 30.8 Å². The highest BCUT2D eigenvalue weighted by Gasteiger charge is 2.29. The van der Waals surface area contributed by atoms with Crippen molar-refractivity contribution in [1.29, 1.82) is 0 Å². The SMILES string of the molecule is COC(=NC(C=O)CCC(=O)O)c1ccc(NCC2CNc3nc(N)[nH]c(=O)c3N2C=O)cc1. The van der Waals surface area contributed by atoms with Crippen LogP contribution in [0.25, 0.3) is 0 Å². The van der Waals surface area contributed by atoms with E-state index in [-0.39, 0.29) is 42.2 Å². The molecule has 1 amide bonds. The van der Waals surface area contributed by atoms with Crippen molar-refractivity contribution >= 4 is 47.7 Å². The number of methoxy groups -OCH3 is 1. The Labute approximate surface area is 194 Å². The number of carboxylic acids is 1. The number of carbonyl (C=O) groups is 3. The molecule has 1 aromatic carbocycles. The summed E-state index contributed by atoms with van der Waals surface area (Å²) >= 11 is 0. The quantitative estimate of drug-likeness (QED) is 0.180. The normalized spacial score (nSPS) is 16.1. The molecule has 2 heterocycles. The van der Waals surface area contributed by atoms with E-state index in [1.165, 1.54) is 12.0 Å². The number of benzene rings is 1. The molecule has 2 aromatic rings. The number of nitrogens with zero attached hydrogens (tertiary/aromatic N) is 3. The van der Waals surface area contributed by atoms with Gasteiger partial charge >= 0.3 is 5.97 Å². The average Bonchev–Trinajstić information content (AvgIpc) is 2.82. The van der Waals surface area contributed by atoms with Crippen molar-refractivity contribution in [2.24, 2.45) is 4.99 Å². The van der Waals surface area contributed by atoms with Crippen LogP contribution in [0, 0.1) is 0 Å². The van der Waals surface area contributed by atoms with Crippen molar-refractivity contribution in [2.45, 2.75) is 24.9 Å². The summed E-state index contributed by atoms with van der Waals surface area (Å²) in [6, 6.07) is 5.80. The number of aliphatic carboxylic acids is 1. The van der Waals surface area contributed by atoms with Crippen molar-refractivity contribution < 1.29 is 24.2 Å². The van der Waals surface area contributed by atoms with Crippen LogP contribution in [0.1, 0.15) is 18.4 Å². The molecule has 6 N–H and O–H groups in total. The molecule has 0 spiro atoms. The molecule has 3 rings (SSSR count). The van der Waals surface area contributed by atoms with Crippen LogP contribution >= 0.6 is 0 Å². The van der Waals surface area contributed by atoms with E-state index in [0.29, 0.717) is 31.3 Å². The lowest BCUT2D eigenvalue weighted by Crippen LogP contribution is -2.50. The average molecular weight is 471 g/mol. The highest BCUT2D eigenvalue weighted by Crippen LogP contribution is 2.25. The molecule has 0 saturated heterocycles. The number of H-pyrrole nitrogens is 1. The molecule has 1 aromatic heterocycles. The van der Waals surface area contributed by atoms with Gasteiger partial charge in [-0.05, 0) is 30.7 Å². The number of carbonyl (C=O) groups excluding carboxylic acids is 2. The number of carboxylic acid groups (broad SMARTS) is 1. The fourth-order valence-electron chi connectivity index (χ4n) is 3.45. The number of nitrogens with one attached hydrogen (secondary N) is 3. The first-order valence-corrected chi connectivity index (χ1v) is 10.4. The van der Waals surface area contributed by atoms with E-state index in [1.54, 1.807) is 24.3 Å². The standard InChI is InChI=1S/C21H25N7O6/c1-34-20(25-14(10-29)6-7-16(31)32)12-2-4-13(5-3-12)23-8-15-9-24-18-17(28(15)11-30)19(33)27-21(22)26-18/h2-5,10-11,14-15,23H,6-9H2,1H3,(H,31,32)(H4,22,24,26,27,33). The van der Waals surface area contributed by atoms with E-state index in [2.05, 4.69) is 25.6 Å². The summed E-state index contributed by atoms with van der Waals surface area (Å²) in [5.41, 5.74) is 6.49. The molecule has 0 fully saturated rings. The summed E-state index contributed by atoms with van der Waals surface area (Å²) in [5, 5.41) is 15.0. The number of nitrogen functional groups attached to an aromatic ring is 1. The molecular weight excluding hydrogens is 446 g/mol. The number of anilines is 4. The Kier molecular flexibility index (Phi) is 7.79. The first kappa shape index (κ1) is 24.2. The molecule has 0 bridgehead atoms. The smallest absolute Gasteiger partial charge is 0.303 e. The molecule has 180 valence electrons. The number of amides is 1. The lowest BCUT2D eigenvalue weighted by Gasteiger charge is -2.34. The maximum Gasteiger partial charge on any atom is 0.303 e. The van der Waals surface area contributed by atoms with E-state index >= 15 is 0 Å². The second-order valence-corrected chi connectivity index (χ2v) is 7.43. The van der Waals surface area contributed by atoms with Gasteiger partial charge in [-0.1, -0.05) is 0 Å². The fourth-order valence-corrected chi connectivity index (χ4v) is 3.45.